The topological polar surface area (TPSA) is 82.4 Å². The van der Waals surface area contributed by atoms with E-state index in [1.807, 2.05) is 37.3 Å². The van der Waals surface area contributed by atoms with Gasteiger partial charge in [-0.25, -0.2) is 4.98 Å². The van der Waals surface area contributed by atoms with Crippen LogP contribution in [0.4, 0.5) is 5.69 Å². The predicted molar refractivity (Wildman–Crippen MR) is 108 cm³/mol. The first-order chi connectivity index (χ1) is 13.0. The molecule has 6 nitrogen and oxygen atoms in total. The van der Waals surface area contributed by atoms with Crippen LogP contribution in [0.3, 0.4) is 0 Å². The second-order valence-electron chi connectivity index (χ2n) is 6.22. The second-order valence-corrected chi connectivity index (χ2v) is 6.22. The number of methoxy groups -OCH3 is 3. The summed E-state index contributed by atoms with van der Waals surface area (Å²) in [7, 11) is 4.93. The summed E-state index contributed by atoms with van der Waals surface area (Å²) in [5.41, 5.74) is 11.2. The molecule has 0 radical (unpaired) electrons. The fourth-order valence-electron chi connectivity index (χ4n) is 3.27. The molecule has 1 aromatic heterocycles. The highest BCUT2D eigenvalue weighted by molar-refractivity contribution is 5.82. The molecule has 6 heteroatoms. The Morgan fingerprint density at radius 1 is 0.926 bits per heavy atom. The number of hydrogen-bond acceptors (Lipinski definition) is 5. The normalized spacial score (nSPS) is 10.7. The Kier molecular flexibility index (Phi) is 5.26. The van der Waals surface area contributed by atoms with Gasteiger partial charge in [0.25, 0.3) is 0 Å². The number of nitrogen functional groups attached to an aromatic ring is 1. The molecular weight excluding hydrogens is 342 g/mol. The molecule has 3 N–H and O–H groups in total. The average Bonchev–Trinajstić information content (AvgIpc) is 3.08. The van der Waals surface area contributed by atoms with E-state index in [1.165, 1.54) is 0 Å². The molecule has 0 saturated heterocycles. The van der Waals surface area contributed by atoms with Gasteiger partial charge in [0.15, 0.2) is 0 Å². The Morgan fingerprint density at radius 3 is 2.07 bits per heavy atom. The van der Waals surface area contributed by atoms with E-state index in [4.69, 9.17) is 24.9 Å². The summed E-state index contributed by atoms with van der Waals surface area (Å²) in [6.45, 7) is 4.00. The third-order valence-electron chi connectivity index (χ3n) is 4.58. The van der Waals surface area contributed by atoms with Crippen LogP contribution in [0.2, 0.25) is 0 Å². The lowest BCUT2D eigenvalue weighted by Gasteiger charge is -2.14. The van der Waals surface area contributed by atoms with Crippen molar-refractivity contribution in [2.45, 2.75) is 20.3 Å². The molecule has 0 amide bonds. The first-order valence-corrected chi connectivity index (χ1v) is 8.78. The summed E-state index contributed by atoms with van der Waals surface area (Å²) in [5.74, 6) is 3.03. The van der Waals surface area contributed by atoms with Gasteiger partial charge in [-0.15, -0.1) is 0 Å². The second kappa shape index (κ2) is 7.61. The van der Waals surface area contributed by atoms with Gasteiger partial charge >= 0.3 is 0 Å². The highest BCUT2D eigenvalue weighted by Crippen LogP contribution is 2.39. The number of rotatable bonds is 6. The lowest BCUT2D eigenvalue weighted by atomic mass is 10.0. The van der Waals surface area contributed by atoms with E-state index in [9.17, 15) is 0 Å². The lowest BCUT2D eigenvalue weighted by Crippen LogP contribution is -1.97. The van der Waals surface area contributed by atoms with Crippen molar-refractivity contribution in [2.24, 2.45) is 0 Å². The number of benzene rings is 2. The Bertz CT molecular complexity index is 938. The smallest absolute Gasteiger partial charge is 0.141 e. The van der Waals surface area contributed by atoms with Gasteiger partial charge in [0.05, 0.1) is 38.4 Å². The Labute approximate surface area is 159 Å². The van der Waals surface area contributed by atoms with E-state index in [0.717, 1.165) is 51.8 Å². The van der Waals surface area contributed by atoms with E-state index in [-0.39, 0.29) is 0 Å². The summed E-state index contributed by atoms with van der Waals surface area (Å²) in [6.07, 6.45) is 0.814. The van der Waals surface area contributed by atoms with Gasteiger partial charge in [-0.05, 0) is 43.7 Å². The molecule has 142 valence electrons. The molecule has 0 spiro atoms. The fourth-order valence-corrected chi connectivity index (χ4v) is 3.27. The van der Waals surface area contributed by atoms with Crippen LogP contribution >= 0.6 is 0 Å². The summed E-state index contributed by atoms with van der Waals surface area (Å²) in [5, 5.41) is 0. The summed E-state index contributed by atoms with van der Waals surface area (Å²) in [4.78, 5) is 8.04. The van der Waals surface area contributed by atoms with Gasteiger partial charge in [0.1, 0.15) is 23.1 Å². The van der Waals surface area contributed by atoms with Crippen molar-refractivity contribution in [3.63, 3.8) is 0 Å². The van der Waals surface area contributed by atoms with Crippen LogP contribution in [0, 0.1) is 6.92 Å². The number of aromatic amines is 1. The maximum Gasteiger partial charge on any atom is 0.141 e. The molecule has 0 aliphatic rings. The van der Waals surface area contributed by atoms with E-state index >= 15 is 0 Å². The molecule has 0 aliphatic carbocycles. The van der Waals surface area contributed by atoms with E-state index in [1.54, 1.807) is 21.3 Å². The minimum Gasteiger partial charge on any atom is -0.496 e. The average molecular weight is 367 g/mol. The molecule has 2 aromatic carbocycles. The molecule has 3 rings (SSSR count). The molecule has 0 bridgehead atoms. The maximum absolute atomic E-state index is 6.09. The third kappa shape index (κ3) is 3.43. The zero-order valence-corrected chi connectivity index (χ0v) is 16.3. The Morgan fingerprint density at radius 2 is 1.56 bits per heavy atom. The quantitative estimate of drug-likeness (QED) is 0.637. The summed E-state index contributed by atoms with van der Waals surface area (Å²) in [6, 6.07) is 9.68. The van der Waals surface area contributed by atoms with Crippen LogP contribution < -0.4 is 19.9 Å². The molecule has 0 unspecified atom stereocenters. The number of nitrogens with two attached hydrogens (primary N) is 1. The fraction of sp³-hybridized carbons (Fsp3) is 0.286. The zero-order valence-electron chi connectivity index (χ0n) is 16.3. The molecule has 0 saturated carbocycles. The molecule has 3 aromatic rings. The van der Waals surface area contributed by atoms with Crippen molar-refractivity contribution in [1.82, 2.24) is 9.97 Å². The molecular formula is C21H25N3O3. The highest BCUT2D eigenvalue weighted by Gasteiger charge is 2.18. The first-order valence-electron chi connectivity index (χ1n) is 8.78. The number of aryl methyl sites for hydroxylation is 1. The van der Waals surface area contributed by atoms with Gasteiger partial charge in [-0.3, -0.25) is 0 Å². The predicted octanol–water partition coefficient (Wildman–Crippen LogP) is 4.22. The summed E-state index contributed by atoms with van der Waals surface area (Å²) < 4.78 is 16.4. The SMILES string of the molecule is CCc1c(OC)cc(-c2nc(C)[nH]c2-c2ccc(OC)c(N)c2)cc1OC. The van der Waals surface area contributed by atoms with Crippen LogP contribution in [0.1, 0.15) is 18.3 Å². The number of nitrogens with one attached hydrogen (secondary N) is 1. The van der Waals surface area contributed by atoms with Gasteiger partial charge < -0.3 is 24.9 Å². The van der Waals surface area contributed by atoms with Crippen molar-refractivity contribution in [3.8, 4) is 39.8 Å². The van der Waals surface area contributed by atoms with Crippen LogP contribution in [0.25, 0.3) is 22.5 Å². The lowest BCUT2D eigenvalue weighted by molar-refractivity contribution is 0.386. The number of H-pyrrole nitrogens is 1. The first kappa shape index (κ1) is 18.6. The van der Waals surface area contributed by atoms with Crippen LogP contribution in [0.15, 0.2) is 30.3 Å². The molecule has 1 heterocycles. The van der Waals surface area contributed by atoms with Gasteiger partial charge in [0.2, 0.25) is 0 Å². The minimum absolute atomic E-state index is 0.574. The molecule has 27 heavy (non-hydrogen) atoms. The monoisotopic (exact) mass is 367 g/mol. The number of aromatic nitrogens is 2. The molecule has 0 fully saturated rings. The summed E-state index contributed by atoms with van der Waals surface area (Å²) >= 11 is 0. The number of hydrogen-bond donors (Lipinski definition) is 2. The molecule has 0 aliphatic heterocycles. The van der Waals surface area contributed by atoms with Crippen molar-refractivity contribution in [2.75, 3.05) is 27.1 Å². The number of nitrogens with zero attached hydrogens (tertiary/aromatic N) is 1. The number of ether oxygens (including phenoxy) is 3. The van der Waals surface area contributed by atoms with Crippen LogP contribution in [0.5, 0.6) is 17.2 Å². The zero-order chi connectivity index (χ0) is 19.6. The van der Waals surface area contributed by atoms with Crippen molar-refractivity contribution < 1.29 is 14.2 Å². The van der Waals surface area contributed by atoms with E-state index < -0.39 is 0 Å². The highest BCUT2D eigenvalue weighted by atomic mass is 16.5. The standard InChI is InChI=1S/C21H25N3O3/c1-6-15-18(26-4)10-14(11-19(15)27-5)21-20(23-12(2)24-21)13-7-8-17(25-3)16(22)9-13/h7-11H,6,22H2,1-5H3,(H,23,24). The largest absolute Gasteiger partial charge is 0.496 e. The van der Waals surface area contributed by atoms with Crippen molar-refractivity contribution >= 4 is 5.69 Å². The Hall–Kier alpha value is -3.15. The van der Waals surface area contributed by atoms with Crippen LogP contribution in [-0.4, -0.2) is 31.3 Å². The van der Waals surface area contributed by atoms with E-state index in [0.29, 0.717) is 11.4 Å². The van der Waals surface area contributed by atoms with Crippen molar-refractivity contribution in [3.05, 3.63) is 41.7 Å². The number of imidazole rings is 1. The Balaban J connectivity index is 2.18. The molecule has 0 atom stereocenters. The maximum atomic E-state index is 6.09. The third-order valence-corrected chi connectivity index (χ3v) is 4.58. The minimum atomic E-state index is 0.574. The van der Waals surface area contributed by atoms with Crippen LogP contribution in [-0.2, 0) is 6.42 Å². The van der Waals surface area contributed by atoms with Crippen molar-refractivity contribution in [1.29, 1.82) is 0 Å². The van der Waals surface area contributed by atoms with Gasteiger partial charge in [-0.2, -0.15) is 0 Å². The van der Waals surface area contributed by atoms with Gasteiger partial charge in [-0.1, -0.05) is 6.92 Å². The van der Waals surface area contributed by atoms with E-state index in [2.05, 4.69) is 11.9 Å². The number of anilines is 1. The van der Waals surface area contributed by atoms with Gasteiger partial charge in [0, 0.05) is 16.7 Å².